The molecule has 2 heteroatoms. The first kappa shape index (κ1) is 11.9. The minimum atomic E-state index is -0.380. The van der Waals surface area contributed by atoms with Gasteiger partial charge in [-0.15, -0.1) is 0 Å². The summed E-state index contributed by atoms with van der Waals surface area (Å²) in [6.07, 6.45) is 4.79. The van der Waals surface area contributed by atoms with E-state index < -0.39 is 0 Å². The number of nitrogens with zero attached hydrogens (tertiary/aromatic N) is 1. The molecule has 17 heavy (non-hydrogen) atoms. The van der Waals surface area contributed by atoms with Gasteiger partial charge in [0.1, 0.15) is 5.78 Å². The highest BCUT2D eigenvalue weighted by Crippen LogP contribution is 2.40. The van der Waals surface area contributed by atoms with Gasteiger partial charge in [-0.3, -0.25) is 4.79 Å². The highest BCUT2D eigenvalue weighted by atomic mass is 16.1. The van der Waals surface area contributed by atoms with E-state index in [-0.39, 0.29) is 5.41 Å². The highest BCUT2D eigenvalue weighted by Gasteiger charge is 2.40. The number of hydrogen-bond acceptors (Lipinski definition) is 2. The summed E-state index contributed by atoms with van der Waals surface area (Å²) < 4.78 is 0. The zero-order valence-corrected chi connectivity index (χ0v) is 9.98. The maximum atomic E-state index is 12.3. The molecule has 1 unspecified atom stereocenters. The molecule has 1 aliphatic rings. The van der Waals surface area contributed by atoms with E-state index in [1.807, 2.05) is 30.3 Å². The minimum absolute atomic E-state index is 0.324. The number of ketones is 1. The van der Waals surface area contributed by atoms with E-state index in [1.54, 1.807) is 0 Å². The maximum Gasteiger partial charge on any atom is 0.143 e. The molecule has 1 fully saturated rings. The second-order valence-electron chi connectivity index (χ2n) is 4.74. The van der Waals surface area contributed by atoms with Gasteiger partial charge in [0.25, 0.3) is 0 Å². The molecule has 0 saturated heterocycles. The second-order valence-corrected chi connectivity index (χ2v) is 4.74. The molecule has 0 heterocycles. The Morgan fingerprint density at radius 3 is 2.65 bits per heavy atom. The van der Waals surface area contributed by atoms with Gasteiger partial charge in [0.05, 0.1) is 11.5 Å². The Morgan fingerprint density at radius 1 is 1.24 bits per heavy atom. The van der Waals surface area contributed by atoms with Crippen LogP contribution in [0.1, 0.15) is 44.1 Å². The summed E-state index contributed by atoms with van der Waals surface area (Å²) in [4.78, 5) is 12.3. The van der Waals surface area contributed by atoms with Gasteiger partial charge in [-0.25, -0.2) is 0 Å². The number of nitriles is 1. The Balaban J connectivity index is 2.36. The first-order valence-electron chi connectivity index (χ1n) is 6.25. The van der Waals surface area contributed by atoms with Crippen LogP contribution in [0.15, 0.2) is 30.3 Å². The van der Waals surface area contributed by atoms with E-state index in [4.69, 9.17) is 5.26 Å². The van der Waals surface area contributed by atoms with E-state index in [1.165, 1.54) is 0 Å². The van der Waals surface area contributed by atoms with Crippen LogP contribution in [0.3, 0.4) is 0 Å². The highest BCUT2D eigenvalue weighted by molar-refractivity contribution is 5.90. The van der Waals surface area contributed by atoms with Crippen LogP contribution in [0.5, 0.6) is 0 Å². The Hall–Kier alpha value is -1.62. The molecule has 1 aromatic carbocycles. The molecule has 0 spiro atoms. The van der Waals surface area contributed by atoms with Crippen LogP contribution < -0.4 is 0 Å². The summed E-state index contributed by atoms with van der Waals surface area (Å²) in [5.74, 6) is 0.324. The quantitative estimate of drug-likeness (QED) is 0.794. The van der Waals surface area contributed by atoms with Crippen LogP contribution in [0.2, 0.25) is 0 Å². The van der Waals surface area contributed by atoms with Crippen molar-refractivity contribution in [2.24, 2.45) is 0 Å². The van der Waals surface area contributed by atoms with Crippen molar-refractivity contribution in [1.82, 2.24) is 0 Å². The SMILES string of the molecule is N#CCCC1(c2ccccc2)CCCCC1=O. The minimum Gasteiger partial charge on any atom is -0.299 e. The van der Waals surface area contributed by atoms with Crippen molar-refractivity contribution in [3.8, 4) is 6.07 Å². The van der Waals surface area contributed by atoms with Gasteiger partial charge in [0, 0.05) is 12.8 Å². The Kier molecular flexibility index (Phi) is 3.58. The van der Waals surface area contributed by atoms with E-state index in [9.17, 15) is 4.79 Å². The van der Waals surface area contributed by atoms with Gasteiger partial charge in [-0.1, -0.05) is 36.8 Å². The molecule has 2 rings (SSSR count). The van der Waals surface area contributed by atoms with Gasteiger partial charge in [0.2, 0.25) is 0 Å². The Labute approximate surface area is 102 Å². The van der Waals surface area contributed by atoms with Crippen molar-refractivity contribution in [3.05, 3.63) is 35.9 Å². The first-order valence-corrected chi connectivity index (χ1v) is 6.25. The van der Waals surface area contributed by atoms with Crippen molar-refractivity contribution < 1.29 is 4.79 Å². The average molecular weight is 227 g/mol. The first-order chi connectivity index (χ1) is 8.29. The molecule has 0 aromatic heterocycles. The topological polar surface area (TPSA) is 40.9 Å². The van der Waals surface area contributed by atoms with Gasteiger partial charge in [0.15, 0.2) is 0 Å². The number of benzene rings is 1. The second kappa shape index (κ2) is 5.14. The lowest BCUT2D eigenvalue weighted by atomic mass is 9.66. The van der Waals surface area contributed by atoms with E-state index in [2.05, 4.69) is 6.07 Å². The molecule has 1 atom stereocenters. The number of carbonyl (C=O) groups excluding carboxylic acids is 1. The standard InChI is InChI=1S/C15H17NO/c16-12-6-11-15(10-5-4-9-14(15)17)13-7-2-1-3-8-13/h1-3,7-8H,4-6,9-11H2. The van der Waals surface area contributed by atoms with Crippen molar-refractivity contribution in [3.63, 3.8) is 0 Å². The molecule has 1 aromatic rings. The number of hydrogen-bond donors (Lipinski definition) is 0. The molecule has 1 saturated carbocycles. The fourth-order valence-electron chi connectivity index (χ4n) is 2.83. The van der Waals surface area contributed by atoms with Crippen LogP contribution >= 0.6 is 0 Å². The number of Topliss-reactive ketones (excluding diaryl/α,β-unsaturated/α-hetero) is 1. The smallest absolute Gasteiger partial charge is 0.143 e. The molecule has 2 nitrogen and oxygen atoms in total. The molecule has 0 aliphatic heterocycles. The fourth-order valence-corrected chi connectivity index (χ4v) is 2.83. The Bertz CT molecular complexity index is 432. The third-order valence-electron chi connectivity index (χ3n) is 3.78. The van der Waals surface area contributed by atoms with Crippen molar-refractivity contribution in [1.29, 1.82) is 5.26 Å². The Morgan fingerprint density at radius 2 is 2.00 bits per heavy atom. The molecule has 0 radical (unpaired) electrons. The lowest BCUT2D eigenvalue weighted by Crippen LogP contribution is -2.38. The summed E-state index contributed by atoms with van der Waals surface area (Å²) >= 11 is 0. The summed E-state index contributed by atoms with van der Waals surface area (Å²) in [5.41, 5.74) is 0.717. The molecule has 0 bridgehead atoms. The maximum absolute atomic E-state index is 12.3. The molecule has 0 amide bonds. The van der Waals surface area contributed by atoms with Crippen LogP contribution in [0.4, 0.5) is 0 Å². The van der Waals surface area contributed by atoms with Crippen molar-refractivity contribution in [2.45, 2.75) is 43.9 Å². The number of carbonyl (C=O) groups is 1. The molecule has 88 valence electrons. The largest absolute Gasteiger partial charge is 0.299 e. The summed E-state index contributed by atoms with van der Waals surface area (Å²) in [6, 6.07) is 12.2. The van der Waals surface area contributed by atoms with E-state index in [0.717, 1.165) is 24.8 Å². The van der Waals surface area contributed by atoms with Gasteiger partial charge in [-0.05, 0) is 24.8 Å². The van der Waals surface area contributed by atoms with Crippen LogP contribution in [-0.4, -0.2) is 5.78 Å². The third-order valence-corrected chi connectivity index (χ3v) is 3.78. The summed E-state index contributed by atoms with van der Waals surface area (Å²) in [5, 5.41) is 8.78. The predicted molar refractivity (Wildman–Crippen MR) is 66.4 cm³/mol. The van der Waals surface area contributed by atoms with Gasteiger partial charge in [-0.2, -0.15) is 5.26 Å². The van der Waals surface area contributed by atoms with E-state index in [0.29, 0.717) is 25.0 Å². The van der Waals surface area contributed by atoms with Gasteiger partial charge >= 0.3 is 0 Å². The molecule has 0 N–H and O–H groups in total. The molecular weight excluding hydrogens is 210 g/mol. The summed E-state index contributed by atoms with van der Waals surface area (Å²) in [6.45, 7) is 0. The summed E-state index contributed by atoms with van der Waals surface area (Å²) in [7, 11) is 0. The van der Waals surface area contributed by atoms with E-state index >= 15 is 0 Å². The lowest BCUT2D eigenvalue weighted by molar-refractivity contribution is -0.126. The molecule has 1 aliphatic carbocycles. The fraction of sp³-hybridized carbons (Fsp3) is 0.467. The van der Waals surface area contributed by atoms with Crippen molar-refractivity contribution in [2.75, 3.05) is 0 Å². The predicted octanol–water partition coefficient (Wildman–Crippen LogP) is 3.37. The average Bonchev–Trinajstić information content (AvgIpc) is 2.39. The zero-order chi connectivity index (χ0) is 12.1. The monoisotopic (exact) mass is 227 g/mol. The van der Waals surface area contributed by atoms with Gasteiger partial charge < -0.3 is 0 Å². The van der Waals surface area contributed by atoms with Crippen molar-refractivity contribution >= 4 is 5.78 Å². The molecular formula is C15H17NO. The third kappa shape index (κ3) is 2.24. The number of rotatable bonds is 3. The van der Waals surface area contributed by atoms with Crippen LogP contribution in [0, 0.1) is 11.3 Å². The normalized spacial score (nSPS) is 24.3. The van der Waals surface area contributed by atoms with Crippen LogP contribution in [0.25, 0.3) is 0 Å². The zero-order valence-electron chi connectivity index (χ0n) is 9.98. The lowest BCUT2D eigenvalue weighted by Gasteiger charge is -2.35. The van der Waals surface area contributed by atoms with Crippen LogP contribution in [-0.2, 0) is 10.2 Å².